The van der Waals surface area contributed by atoms with Gasteiger partial charge in [-0.05, 0) is 67.9 Å². The monoisotopic (exact) mass is 480 g/mol. The zero-order valence-corrected chi connectivity index (χ0v) is 20.0. The van der Waals surface area contributed by atoms with E-state index in [1.54, 1.807) is 24.4 Å². The number of amides is 1. The first-order valence-electron chi connectivity index (χ1n) is 11.4. The van der Waals surface area contributed by atoms with Crippen molar-refractivity contribution in [2.45, 2.75) is 26.9 Å². The van der Waals surface area contributed by atoms with Crippen molar-refractivity contribution in [1.29, 1.82) is 5.26 Å². The van der Waals surface area contributed by atoms with Gasteiger partial charge in [-0.25, -0.2) is 9.82 Å². The first-order valence-corrected chi connectivity index (χ1v) is 11.4. The highest BCUT2D eigenvalue weighted by molar-refractivity contribution is 5.84. The van der Waals surface area contributed by atoms with Crippen molar-refractivity contribution in [2.75, 3.05) is 0 Å². The lowest BCUT2D eigenvalue weighted by atomic mass is 10.1. The van der Waals surface area contributed by atoms with Gasteiger partial charge < -0.3 is 9.30 Å². The number of ether oxygens (including phenoxy) is 1. The lowest BCUT2D eigenvalue weighted by molar-refractivity contribution is -0.120. The Labute approximate surface area is 209 Å². The molecule has 0 bridgehead atoms. The number of hydrogen-bond donors (Lipinski definition) is 1. The number of carbonyl (C=O) groups is 1. The van der Waals surface area contributed by atoms with E-state index in [0.717, 1.165) is 28.2 Å². The number of benzene rings is 3. The van der Waals surface area contributed by atoms with Crippen molar-refractivity contribution in [3.63, 3.8) is 0 Å². The molecule has 4 aromatic rings. The van der Waals surface area contributed by atoms with Crippen LogP contribution in [-0.2, 0) is 17.8 Å². The first kappa shape index (κ1) is 24.4. The van der Waals surface area contributed by atoms with Gasteiger partial charge in [0, 0.05) is 28.2 Å². The van der Waals surface area contributed by atoms with E-state index in [-0.39, 0.29) is 18.1 Å². The molecule has 1 amide bonds. The number of aromatic nitrogens is 1. The molecule has 0 radical (unpaired) electrons. The number of hydrogen-bond acceptors (Lipinski definition) is 4. The molecule has 0 saturated carbocycles. The second-order valence-electron chi connectivity index (χ2n) is 8.31. The zero-order valence-electron chi connectivity index (χ0n) is 20.0. The normalized spacial score (nSPS) is 10.8. The summed E-state index contributed by atoms with van der Waals surface area (Å²) in [6.45, 7) is 4.30. The predicted molar refractivity (Wildman–Crippen MR) is 137 cm³/mol. The minimum Gasteiger partial charge on any atom is -0.489 e. The fourth-order valence-electron chi connectivity index (χ4n) is 3.92. The Morgan fingerprint density at radius 3 is 2.53 bits per heavy atom. The molecule has 6 nitrogen and oxygen atoms in total. The maximum Gasteiger partial charge on any atom is 0.244 e. The molecule has 4 rings (SSSR count). The van der Waals surface area contributed by atoms with Crippen LogP contribution in [-0.4, -0.2) is 16.7 Å². The highest BCUT2D eigenvalue weighted by atomic mass is 19.1. The van der Waals surface area contributed by atoms with Gasteiger partial charge >= 0.3 is 0 Å². The largest absolute Gasteiger partial charge is 0.489 e. The van der Waals surface area contributed by atoms with Crippen molar-refractivity contribution in [3.05, 3.63) is 118 Å². The van der Waals surface area contributed by atoms with E-state index in [9.17, 15) is 14.4 Å². The van der Waals surface area contributed by atoms with Gasteiger partial charge in [0.2, 0.25) is 5.91 Å². The smallest absolute Gasteiger partial charge is 0.244 e. The van der Waals surface area contributed by atoms with Crippen molar-refractivity contribution in [2.24, 2.45) is 5.10 Å². The molecule has 0 spiro atoms. The van der Waals surface area contributed by atoms with Gasteiger partial charge in [-0.3, -0.25) is 4.79 Å². The number of nitrogens with one attached hydrogen (secondary N) is 1. The summed E-state index contributed by atoms with van der Waals surface area (Å²) < 4.78 is 21.0. The molecule has 180 valence electrons. The van der Waals surface area contributed by atoms with E-state index in [1.807, 2.05) is 62.4 Å². The molecule has 0 aliphatic heterocycles. The van der Waals surface area contributed by atoms with Crippen LogP contribution in [0.5, 0.6) is 5.75 Å². The van der Waals surface area contributed by atoms with Crippen LogP contribution in [0.1, 0.15) is 33.6 Å². The lowest BCUT2D eigenvalue weighted by Crippen LogP contribution is -2.19. The van der Waals surface area contributed by atoms with Crippen LogP contribution in [0.15, 0.2) is 84.0 Å². The molecule has 0 aliphatic rings. The highest BCUT2D eigenvalue weighted by Gasteiger charge is 2.10. The topological polar surface area (TPSA) is 79.4 Å². The summed E-state index contributed by atoms with van der Waals surface area (Å²) in [4.78, 5) is 12.1. The molecule has 0 atom stereocenters. The van der Waals surface area contributed by atoms with Crippen LogP contribution < -0.4 is 10.2 Å². The highest BCUT2D eigenvalue weighted by Crippen LogP contribution is 2.23. The summed E-state index contributed by atoms with van der Waals surface area (Å²) in [6, 6.07) is 25.1. The fourth-order valence-corrected chi connectivity index (χ4v) is 3.92. The molecule has 1 N–H and O–H groups in total. The number of halogens is 1. The third kappa shape index (κ3) is 5.86. The van der Waals surface area contributed by atoms with Crippen molar-refractivity contribution in [3.8, 4) is 17.5 Å². The van der Waals surface area contributed by atoms with Gasteiger partial charge in [-0.2, -0.15) is 10.4 Å². The fraction of sp³-hybridized carbons (Fsp3) is 0.138. The standard InChI is InChI=1S/C29H25FN4O2/c1-20-15-25(18-32-33-29(35)16-22-7-9-26(30)10-8-22)21(2)34(20)27-11-13-28(14-12-27)36-19-24-6-4-3-5-23(24)17-31/h3-15,18H,16,19H2,1-2H3,(H,33,35)/b32-18+. The number of hydrazone groups is 1. The summed E-state index contributed by atoms with van der Waals surface area (Å²) in [6.07, 6.45) is 1.73. The summed E-state index contributed by atoms with van der Waals surface area (Å²) in [5.41, 5.74) is 8.52. The summed E-state index contributed by atoms with van der Waals surface area (Å²) in [7, 11) is 0. The molecule has 3 aromatic carbocycles. The Kier molecular flexibility index (Phi) is 7.57. The Morgan fingerprint density at radius 2 is 1.81 bits per heavy atom. The molecule has 0 aliphatic carbocycles. The number of nitrogens with zero attached hydrogens (tertiary/aromatic N) is 3. The second kappa shape index (κ2) is 11.2. The molecular formula is C29H25FN4O2. The number of rotatable bonds is 8. The van der Waals surface area contributed by atoms with Crippen LogP contribution in [0.3, 0.4) is 0 Å². The zero-order chi connectivity index (χ0) is 25.5. The molecule has 36 heavy (non-hydrogen) atoms. The summed E-state index contributed by atoms with van der Waals surface area (Å²) in [5, 5.41) is 13.3. The van der Waals surface area contributed by atoms with E-state index < -0.39 is 0 Å². The van der Waals surface area contributed by atoms with Gasteiger partial charge in [-0.1, -0.05) is 30.3 Å². The van der Waals surface area contributed by atoms with Gasteiger partial charge in [0.05, 0.1) is 24.3 Å². The molecule has 1 heterocycles. The van der Waals surface area contributed by atoms with E-state index in [1.165, 1.54) is 12.1 Å². The van der Waals surface area contributed by atoms with E-state index in [4.69, 9.17) is 4.74 Å². The van der Waals surface area contributed by atoms with Crippen LogP contribution in [0.25, 0.3) is 5.69 Å². The quantitative estimate of drug-likeness (QED) is 0.272. The van der Waals surface area contributed by atoms with Crippen molar-refractivity contribution in [1.82, 2.24) is 9.99 Å². The van der Waals surface area contributed by atoms with Crippen LogP contribution in [0.2, 0.25) is 0 Å². The van der Waals surface area contributed by atoms with Crippen LogP contribution in [0, 0.1) is 31.0 Å². The summed E-state index contributed by atoms with van der Waals surface area (Å²) in [5.74, 6) is 0.0929. The lowest BCUT2D eigenvalue weighted by Gasteiger charge is -2.12. The SMILES string of the molecule is Cc1cc(/C=N/NC(=O)Cc2ccc(F)cc2)c(C)n1-c1ccc(OCc2ccccc2C#N)cc1. The van der Waals surface area contributed by atoms with Gasteiger partial charge in [0.1, 0.15) is 18.2 Å². The predicted octanol–water partition coefficient (Wildman–Crippen LogP) is 5.38. The first-order chi connectivity index (χ1) is 17.4. The van der Waals surface area contributed by atoms with Crippen molar-refractivity contribution < 1.29 is 13.9 Å². The van der Waals surface area contributed by atoms with E-state index in [0.29, 0.717) is 23.5 Å². The Hall–Kier alpha value is -4.70. The number of nitriles is 1. The average molecular weight is 481 g/mol. The second-order valence-corrected chi connectivity index (χ2v) is 8.31. The minimum absolute atomic E-state index is 0.118. The van der Waals surface area contributed by atoms with E-state index in [2.05, 4.69) is 21.2 Å². The van der Waals surface area contributed by atoms with Gasteiger partial charge in [0.15, 0.2) is 0 Å². The third-order valence-corrected chi connectivity index (χ3v) is 5.77. The number of carbonyl (C=O) groups excluding carboxylic acids is 1. The Bertz CT molecular complexity index is 1430. The van der Waals surface area contributed by atoms with Crippen LogP contribution in [0.4, 0.5) is 4.39 Å². The number of aryl methyl sites for hydroxylation is 1. The van der Waals surface area contributed by atoms with Gasteiger partial charge in [0.25, 0.3) is 0 Å². The Morgan fingerprint density at radius 1 is 1.08 bits per heavy atom. The molecule has 0 saturated heterocycles. The molecule has 1 aromatic heterocycles. The molecule has 0 unspecified atom stereocenters. The molecular weight excluding hydrogens is 455 g/mol. The van der Waals surface area contributed by atoms with Crippen molar-refractivity contribution >= 4 is 12.1 Å². The average Bonchev–Trinajstić information content (AvgIpc) is 3.17. The molecule has 0 fully saturated rings. The van der Waals surface area contributed by atoms with Gasteiger partial charge in [-0.15, -0.1) is 0 Å². The molecule has 7 heteroatoms. The van der Waals surface area contributed by atoms with E-state index >= 15 is 0 Å². The summed E-state index contributed by atoms with van der Waals surface area (Å²) >= 11 is 0. The maximum atomic E-state index is 13.0. The Balaban J connectivity index is 1.39. The van der Waals surface area contributed by atoms with Crippen LogP contribution >= 0.6 is 0 Å². The maximum absolute atomic E-state index is 13.0. The minimum atomic E-state index is -0.337. The third-order valence-electron chi connectivity index (χ3n) is 5.77.